The van der Waals surface area contributed by atoms with E-state index in [1.807, 2.05) is 84.9 Å². The van der Waals surface area contributed by atoms with Crippen molar-refractivity contribution in [3.05, 3.63) is 179 Å². The van der Waals surface area contributed by atoms with Gasteiger partial charge >= 0.3 is 12.1 Å². The highest BCUT2D eigenvalue weighted by Gasteiger charge is 2.50. The van der Waals surface area contributed by atoms with Crippen LogP contribution >= 0.6 is 0 Å². The summed E-state index contributed by atoms with van der Waals surface area (Å²) in [6, 6.07) is 38.8. The molecule has 0 saturated carbocycles. The molecule has 350 valence electrons. The third-order valence-corrected chi connectivity index (χ3v) is 11.5. The standard InChI is InChI=1S/C52H52N6O10/c1-51(2,3)68-50(62)57-40(28-32-16-18-34(19-17-32)43(59)33-12-8-6-9-13-33)49(61)67-45-44(60)41(66-48(45)58-31-56-42-46(53)54-30-55-47(42)58)29-65-52(35-14-10-7-11-15-35,36-20-24-38(63-4)25-21-36)37-22-26-39(64-5)27-23-37/h6-27,30-31,40-41,44-45,48,60H,28-29H2,1-5H3,(H,57,62)(H2,53,54,55)/t40-,41?,44?,45?,48?/m1/s1. The number of ether oxygens (including phenoxy) is 6. The summed E-state index contributed by atoms with van der Waals surface area (Å²) < 4.78 is 38.1. The predicted molar refractivity (Wildman–Crippen MR) is 251 cm³/mol. The quantitative estimate of drug-likeness (QED) is 0.0508. The van der Waals surface area contributed by atoms with Crippen LogP contribution in [0.2, 0.25) is 0 Å². The first-order valence-electron chi connectivity index (χ1n) is 21.9. The molecule has 4 unspecified atom stereocenters. The van der Waals surface area contributed by atoms with Gasteiger partial charge in [-0.15, -0.1) is 0 Å². The van der Waals surface area contributed by atoms with Crippen molar-refractivity contribution in [3.63, 3.8) is 0 Å². The molecule has 1 aliphatic heterocycles. The van der Waals surface area contributed by atoms with E-state index >= 15 is 0 Å². The van der Waals surface area contributed by atoms with E-state index in [-0.39, 0.29) is 35.8 Å². The van der Waals surface area contributed by atoms with Gasteiger partial charge in [0.05, 0.1) is 27.2 Å². The van der Waals surface area contributed by atoms with Crippen molar-refractivity contribution >= 4 is 34.8 Å². The molecule has 68 heavy (non-hydrogen) atoms. The minimum absolute atomic E-state index is 0.0696. The second-order valence-corrected chi connectivity index (χ2v) is 17.2. The number of aliphatic hydroxyl groups excluding tert-OH is 1. The van der Waals surface area contributed by atoms with Crippen molar-refractivity contribution < 1.29 is 47.9 Å². The Bertz CT molecular complexity index is 2790. The molecule has 1 amide bonds. The largest absolute Gasteiger partial charge is 0.497 e. The minimum Gasteiger partial charge on any atom is -0.497 e. The van der Waals surface area contributed by atoms with E-state index in [1.54, 1.807) is 83.5 Å². The van der Waals surface area contributed by atoms with E-state index < -0.39 is 53.8 Å². The molecule has 8 rings (SSSR count). The molecule has 1 fully saturated rings. The summed E-state index contributed by atoms with van der Waals surface area (Å²) >= 11 is 0. The number of nitrogens with two attached hydrogens (primary N) is 1. The van der Waals surface area contributed by atoms with Crippen LogP contribution in [-0.2, 0) is 35.8 Å². The molecule has 3 heterocycles. The average molecular weight is 921 g/mol. The highest BCUT2D eigenvalue weighted by molar-refractivity contribution is 6.09. The summed E-state index contributed by atoms with van der Waals surface area (Å²) in [4.78, 5) is 54.0. The SMILES string of the molecule is COc1ccc(C(OCC2OC(n3cnc4c(N)ncnc43)C(OC(=O)[C@@H](Cc3ccc(C(=O)c4ccccc4)cc3)NC(=O)OC(C)(C)C)C2O)(c2ccccc2)c2ccc(OC)cc2)cc1. The molecule has 5 aromatic carbocycles. The highest BCUT2D eigenvalue weighted by Crippen LogP contribution is 2.43. The van der Waals surface area contributed by atoms with Gasteiger partial charge < -0.3 is 44.6 Å². The number of nitrogens with one attached hydrogen (secondary N) is 1. The molecule has 5 atom stereocenters. The summed E-state index contributed by atoms with van der Waals surface area (Å²) in [7, 11) is 3.18. The predicted octanol–water partition coefficient (Wildman–Crippen LogP) is 6.97. The number of esters is 1. The molecule has 4 N–H and O–H groups in total. The molecule has 1 aliphatic rings. The lowest BCUT2D eigenvalue weighted by molar-refractivity contribution is -0.161. The Kier molecular flexibility index (Phi) is 13.8. The van der Waals surface area contributed by atoms with E-state index in [9.17, 15) is 19.5 Å². The smallest absolute Gasteiger partial charge is 0.408 e. The maximum absolute atomic E-state index is 14.6. The number of fused-ring (bicyclic) bond motifs is 1. The van der Waals surface area contributed by atoms with Gasteiger partial charge in [-0.25, -0.2) is 24.5 Å². The zero-order valence-corrected chi connectivity index (χ0v) is 38.1. The van der Waals surface area contributed by atoms with Crippen LogP contribution in [0.3, 0.4) is 0 Å². The summed E-state index contributed by atoms with van der Waals surface area (Å²) in [5, 5.41) is 15.0. The van der Waals surface area contributed by atoms with Gasteiger partial charge in [0, 0.05) is 17.5 Å². The number of aliphatic hydroxyl groups is 1. The lowest BCUT2D eigenvalue weighted by Gasteiger charge is -2.37. The molecule has 16 heteroatoms. The van der Waals surface area contributed by atoms with Crippen molar-refractivity contribution in [2.24, 2.45) is 0 Å². The molecule has 7 aromatic rings. The van der Waals surface area contributed by atoms with Crippen LogP contribution in [0.25, 0.3) is 11.2 Å². The van der Waals surface area contributed by atoms with Gasteiger partial charge in [0.15, 0.2) is 29.6 Å². The van der Waals surface area contributed by atoms with Gasteiger partial charge in [-0.3, -0.25) is 9.36 Å². The first-order chi connectivity index (χ1) is 32.8. The lowest BCUT2D eigenvalue weighted by Crippen LogP contribution is -2.48. The number of rotatable bonds is 16. The number of ketones is 1. The molecule has 1 saturated heterocycles. The van der Waals surface area contributed by atoms with Crippen LogP contribution in [0.1, 0.15) is 65.2 Å². The average Bonchev–Trinajstić information content (AvgIpc) is 3.92. The fourth-order valence-corrected chi connectivity index (χ4v) is 8.19. The van der Waals surface area contributed by atoms with Crippen molar-refractivity contribution in [2.75, 3.05) is 26.6 Å². The molecule has 0 radical (unpaired) electrons. The van der Waals surface area contributed by atoms with Gasteiger partial charge in [-0.2, -0.15) is 0 Å². The maximum atomic E-state index is 14.6. The Morgan fingerprint density at radius 2 is 1.34 bits per heavy atom. The number of aromatic nitrogens is 4. The molecule has 0 spiro atoms. The van der Waals surface area contributed by atoms with Gasteiger partial charge in [0.2, 0.25) is 0 Å². The van der Waals surface area contributed by atoms with Crippen LogP contribution in [-0.4, -0.2) is 93.3 Å². The zero-order chi connectivity index (χ0) is 48.0. The number of hydrogen-bond acceptors (Lipinski definition) is 14. The second-order valence-electron chi connectivity index (χ2n) is 17.2. The van der Waals surface area contributed by atoms with Crippen molar-refractivity contribution in [1.82, 2.24) is 24.8 Å². The van der Waals surface area contributed by atoms with E-state index in [4.69, 9.17) is 34.2 Å². The van der Waals surface area contributed by atoms with Gasteiger partial charge in [0.25, 0.3) is 0 Å². The number of carbonyl (C=O) groups is 3. The van der Waals surface area contributed by atoms with E-state index in [1.165, 1.54) is 17.2 Å². The van der Waals surface area contributed by atoms with E-state index in [2.05, 4.69) is 20.3 Å². The number of nitrogens with zero attached hydrogens (tertiary/aromatic N) is 4. The summed E-state index contributed by atoms with van der Waals surface area (Å²) in [5.74, 6) is 0.296. The Balaban J connectivity index is 1.14. The number of alkyl carbamates (subject to hydrolysis) is 1. The van der Waals surface area contributed by atoms with Crippen LogP contribution in [0.15, 0.2) is 146 Å². The van der Waals surface area contributed by atoms with Crippen LogP contribution < -0.4 is 20.5 Å². The number of hydrogen-bond donors (Lipinski definition) is 3. The van der Waals surface area contributed by atoms with E-state index in [0.717, 1.165) is 16.7 Å². The Hall–Kier alpha value is -7.66. The minimum atomic E-state index is -1.52. The van der Waals surface area contributed by atoms with Gasteiger partial charge in [0.1, 0.15) is 52.8 Å². The second kappa shape index (κ2) is 20.1. The third-order valence-electron chi connectivity index (χ3n) is 11.5. The van der Waals surface area contributed by atoms with Crippen LogP contribution in [0.4, 0.5) is 10.6 Å². The fourth-order valence-electron chi connectivity index (χ4n) is 8.19. The first kappa shape index (κ1) is 46.9. The monoisotopic (exact) mass is 920 g/mol. The Morgan fingerprint density at radius 3 is 1.93 bits per heavy atom. The normalized spacial score (nSPS) is 17.6. The van der Waals surface area contributed by atoms with Crippen LogP contribution in [0.5, 0.6) is 11.5 Å². The first-order valence-corrected chi connectivity index (χ1v) is 21.9. The number of methoxy groups -OCH3 is 2. The van der Waals surface area contributed by atoms with E-state index in [0.29, 0.717) is 28.2 Å². The number of nitrogen functional groups attached to an aromatic ring is 1. The summed E-state index contributed by atoms with van der Waals surface area (Å²) in [6.07, 6.45) is -3.59. The molecular weight excluding hydrogens is 869 g/mol. The number of carbonyl (C=O) groups excluding carboxylic acids is 3. The lowest BCUT2D eigenvalue weighted by atomic mass is 9.80. The van der Waals surface area contributed by atoms with Gasteiger partial charge in [-0.05, 0) is 67.3 Å². The Morgan fingerprint density at radius 1 is 0.765 bits per heavy atom. The molecule has 16 nitrogen and oxygen atoms in total. The molecule has 2 aromatic heterocycles. The third kappa shape index (κ3) is 10.0. The van der Waals surface area contributed by atoms with Crippen molar-refractivity contribution in [2.45, 2.75) is 69.0 Å². The fraction of sp³-hybridized carbons (Fsp3) is 0.269. The van der Waals surface area contributed by atoms with Crippen molar-refractivity contribution in [1.29, 1.82) is 0 Å². The topological polar surface area (TPSA) is 208 Å². The molecule has 0 bridgehead atoms. The Labute approximate surface area is 393 Å². The number of imidazole rings is 1. The highest BCUT2D eigenvalue weighted by atomic mass is 16.6. The number of benzene rings is 5. The zero-order valence-electron chi connectivity index (χ0n) is 38.1. The van der Waals surface area contributed by atoms with Crippen LogP contribution in [0, 0.1) is 0 Å². The van der Waals surface area contributed by atoms with Crippen molar-refractivity contribution in [3.8, 4) is 11.5 Å². The van der Waals surface area contributed by atoms with Gasteiger partial charge in [-0.1, -0.05) is 109 Å². The molecule has 0 aliphatic carbocycles. The number of amides is 1. The molecular formula is C52H52N6O10. The maximum Gasteiger partial charge on any atom is 0.408 e. The summed E-state index contributed by atoms with van der Waals surface area (Å²) in [6.45, 7) is 4.85. The number of anilines is 1. The summed E-state index contributed by atoms with van der Waals surface area (Å²) in [5.41, 5.74) is 8.31.